The van der Waals surface area contributed by atoms with Crippen molar-refractivity contribution in [2.24, 2.45) is 0 Å². The number of benzene rings is 1. The maximum atomic E-state index is 13.7. The first kappa shape index (κ1) is 19.3. The van der Waals surface area contributed by atoms with E-state index in [9.17, 15) is 9.18 Å². The summed E-state index contributed by atoms with van der Waals surface area (Å²) in [4.78, 5) is 16.9. The first-order chi connectivity index (χ1) is 12.3. The van der Waals surface area contributed by atoms with Crippen molar-refractivity contribution >= 4 is 44.8 Å². The normalized spacial score (nSPS) is 11.3. The van der Waals surface area contributed by atoms with E-state index < -0.39 is 0 Å². The zero-order valence-electron chi connectivity index (χ0n) is 14.7. The smallest absolute Gasteiger partial charge is 0.213 e. The third kappa shape index (κ3) is 3.77. The lowest BCUT2D eigenvalue weighted by Crippen LogP contribution is -2.06. The molecule has 0 radical (unpaired) electrons. The SMILES string of the molecule is CC(=O)c1c(-c2cccc(F)c2)c(C)nn1-c1nc(Br)c(SC(C)C)s1. The molecule has 0 aliphatic carbocycles. The molecule has 1 aromatic carbocycles. The van der Waals surface area contributed by atoms with Crippen LogP contribution in [0.1, 0.15) is 37.0 Å². The Balaban J connectivity index is 2.18. The van der Waals surface area contributed by atoms with Gasteiger partial charge in [-0.15, -0.1) is 11.8 Å². The van der Waals surface area contributed by atoms with Gasteiger partial charge >= 0.3 is 0 Å². The summed E-state index contributed by atoms with van der Waals surface area (Å²) in [6.45, 7) is 7.52. The number of rotatable bonds is 5. The van der Waals surface area contributed by atoms with Gasteiger partial charge in [-0.1, -0.05) is 37.3 Å². The van der Waals surface area contributed by atoms with Gasteiger partial charge in [0.05, 0.1) is 9.90 Å². The highest BCUT2D eigenvalue weighted by molar-refractivity contribution is 9.10. The third-order valence-electron chi connectivity index (χ3n) is 3.58. The lowest BCUT2D eigenvalue weighted by molar-refractivity contribution is 0.101. The van der Waals surface area contributed by atoms with Crippen LogP contribution in [0.5, 0.6) is 0 Å². The Morgan fingerprint density at radius 1 is 1.38 bits per heavy atom. The molecule has 4 nitrogen and oxygen atoms in total. The topological polar surface area (TPSA) is 47.8 Å². The molecule has 0 saturated carbocycles. The average Bonchev–Trinajstić information content (AvgIpc) is 3.07. The lowest BCUT2D eigenvalue weighted by atomic mass is 10.0. The monoisotopic (exact) mass is 453 g/mol. The molecule has 0 amide bonds. The number of nitrogens with zero attached hydrogens (tertiary/aromatic N) is 3. The number of aryl methyl sites for hydroxylation is 1. The second kappa shape index (κ2) is 7.62. The fraction of sp³-hybridized carbons (Fsp3) is 0.278. The average molecular weight is 454 g/mol. The van der Waals surface area contributed by atoms with Crippen LogP contribution in [0, 0.1) is 12.7 Å². The fourth-order valence-electron chi connectivity index (χ4n) is 2.64. The number of Topliss-reactive ketones (excluding diaryl/α,β-unsaturated/α-hetero) is 1. The zero-order valence-corrected chi connectivity index (χ0v) is 17.9. The maximum absolute atomic E-state index is 13.7. The van der Waals surface area contributed by atoms with Crippen LogP contribution in [0.2, 0.25) is 0 Å². The quantitative estimate of drug-likeness (QED) is 0.355. The van der Waals surface area contributed by atoms with Crippen LogP contribution >= 0.6 is 39.0 Å². The molecule has 136 valence electrons. The maximum Gasteiger partial charge on any atom is 0.213 e. The molecular formula is C18H17BrFN3OS2. The Kier molecular flexibility index (Phi) is 5.64. The van der Waals surface area contributed by atoms with Gasteiger partial charge in [0.2, 0.25) is 5.13 Å². The van der Waals surface area contributed by atoms with Gasteiger partial charge in [-0.25, -0.2) is 14.1 Å². The Hall–Kier alpha value is -1.51. The molecule has 0 spiro atoms. The van der Waals surface area contributed by atoms with Crippen LogP contribution in [0.3, 0.4) is 0 Å². The van der Waals surface area contributed by atoms with E-state index in [-0.39, 0.29) is 11.6 Å². The third-order valence-corrected chi connectivity index (χ3v) is 6.92. The number of thiazole rings is 1. The van der Waals surface area contributed by atoms with Crippen molar-refractivity contribution < 1.29 is 9.18 Å². The first-order valence-electron chi connectivity index (χ1n) is 7.97. The second-order valence-electron chi connectivity index (χ2n) is 6.03. The van der Waals surface area contributed by atoms with Gasteiger partial charge in [0, 0.05) is 17.7 Å². The summed E-state index contributed by atoms with van der Waals surface area (Å²) in [7, 11) is 0. The van der Waals surface area contributed by atoms with Crippen molar-refractivity contribution in [1.82, 2.24) is 14.8 Å². The predicted molar refractivity (Wildman–Crippen MR) is 108 cm³/mol. The highest BCUT2D eigenvalue weighted by Gasteiger charge is 2.24. The number of aromatic nitrogens is 3. The van der Waals surface area contributed by atoms with Crippen molar-refractivity contribution in [3.8, 4) is 16.3 Å². The Morgan fingerprint density at radius 3 is 2.73 bits per heavy atom. The molecular weight excluding hydrogens is 437 g/mol. The van der Waals surface area contributed by atoms with Gasteiger partial charge in [0.25, 0.3) is 0 Å². The summed E-state index contributed by atoms with van der Waals surface area (Å²) in [5.41, 5.74) is 2.34. The Morgan fingerprint density at radius 2 is 2.12 bits per heavy atom. The fourth-order valence-corrected chi connectivity index (χ4v) is 5.66. The number of halogens is 2. The van der Waals surface area contributed by atoms with E-state index in [1.54, 1.807) is 28.6 Å². The second-order valence-corrected chi connectivity index (χ2v) is 9.60. The number of hydrogen-bond acceptors (Lipinski definition) is 5. The molecule has 0 unspecified atom stereocenters. The van der Waals surface area contributed by atoms with Crippen LogP contribution in [-0.4, -0.2) is 25.8 Å². The Bertz CT molecular complexity index is 981. The molecule has 2 aromatic heterocycles. The lowest BCUT2D eigenvalue weighted by Gasteiger charge is -2.05. The summed E-state index contributed by atoms with van der Waals surface area (Å²) in [6, 6.07) is 6.20. The molecule has 26 heavy (non-hydrogen) atoms. The summed E-state index contributed by atoms with van der Waals surface area (Å²) in [5, 5.41) is 5.55. The zero-order chi connectivity index (χ0) is 19.0. The minimum absolute atomic E-state index is 0.144. The summed E-state index contributed by atoms with van der Waals surface area (Å²) in [6.07, 6.45) is 0. The number of carbonyl (C=O) groups is 1. The Labute approximate surface area is 168 Å². The van der Waals surface area contributed by atoms with Crippen LogP contribution < -0.4 is 0 Å². The van der Waals surface area contributed by atoms with E-state index in [0.29, 0.717) is 32.9 Å². The van der Waals surface area contributed by atoms with Crippen molar-refractivity contribution in [2.75, 3.05) is 0 Å². The molecule has 3 aromatic rings. The minimum Gasteiger partial charge on any atom is -0.293 e. The molecule has 8 heteroatoms. The van der Waals surface area contributed by atoms with E-state index in [0.717, 1.165) is 8.81 Å². The van der Waals surface area contributed by atoms with Crippen LogP contribution in [0.15, 0.2) is 33.1 Å². The number of ketones is 1. The van der Waals surface area contributed by atoms with Gasteiger partial charge in [0.15, 0.2) is 5.78 Å². The van der Waals surface area contributed by atoms with Gasteiger partial charge < -0.3 is 0 Å². The molecule has 0 bridgehead atoms. The van der Waals surface area contributed by atoms with E-state index >= 15 is 0 Å². The minimum atomic E-state index is -0.350. The molecule has 0 fully saturated rings. The van der Waals surface area contributed by atoms with Gasteiger partial charge in [-0.2, -0.15) is 5.10 Å². The molecule has 0 aliphatic heterocycles. The molecule has 0 aliphatic rings. The van der Waals surface area contributed by atoms with Crippen LogP contribution in [0.25, 0.3) is 16.3 Å². The highest BCUT2D eigenvalue weighted by Crippen LogP contribution is 2.38. The van der Waals surface area contributed by atoms with E-state index in [1.165, 1.54) is 30.4 Å². The molecule has 2 heterocycles. The first-order valence-corrected chi connectivity index (χ1v) is 10.5. The van der Waals surface area contributed by atoms with Crippen molar-refractivity contribution in [3.63, 3.8) is 0 Å². The molecule has 3 rings (SSSR count). The molecule has 0 atom stereocenters. The molecule has 0 N–H and O–H groups in total. The largest absolute Gasteiger partial charge is 0.293 e. The summed E-state index contributed by atoms with van der Waals surface area (Å²) < 4.78 is 17.0. The highest BCUT2D eigenvalue weighted by atomic mass is 79.9. The summed E-state index contributed by atoms with van der Waals surface area (Å²) >= 11 is 6.66. The number of thioether (sulfide) groups is 1. The number of carbonyl (C=O) groups excluding carboxylic acids is 1. The van der Waals surface area contributed by atoms with Gasteiger partial charge in [-0.05, 0) is 40.5 Å². The van der Waals surface area contributed by atoms with Gasteiger partial charge in [0.1, 0.15) is 16.1 Å². The predicted octanol–water partition coefficient (Wildman–Crippen LogP) is 5.91. The van der Waals surface area contributed by atoms with Crippen molar-refractivity contribution in [1.29, 1.82) is 0 Å². The van der Waals surface area contributed by atoms with E-state index in [4.69, 9.17) is 0 Å². The molecule has 0 saturated heterocycles. The van der Waals surface area contributed by atoms with Crippen LogP contribution in [0.4, 0.5) is 4.39 Å². The summed E-state index contributed by atoms with van der Waals surface area (Å²) in [5.74, 6) is -0.494. The van der Waals surface area contributed by atoms with Crippen molar-refractivity contribution in [3.05, 3.63) is 46.1 Å². The standard InChI is InChI=1S/C18H17BrFN3OS2/c1-9(2)25-17-16(19)21-18(26-17)23-15(11(4)24)14(10(3)22-23)12-6-5-7-13(20)8-12/h5-9H,1-4H3. The van der Waals surface area contributed by atoms with E-state index in [2.05, 4.69) is 39.9 Å². The van der Waals surface area contributed by atoms with Gasteiger partial charge in [-0.3, -0.25) is 4.79 Å². The number of hydrogen-bond donors (Lipinski definition) is 0. The van der Waals surface area contributed by atoms with E-state index in [1.807, 2.05) is 6.92 Å². The van der Waals surface area contributed by atoms with Crippen LogP contribution in [-0.2, 0) is 0 Å². The van der Waals surface area contributed by atoms with Crippen molar-refractivity contribution in [2.45, 2.75) is 37.2 Å².